The summed E-state index contributed by atoms with van der Waals surface area (Å²) in [5, 5.41) is 11.7. The highest BCUT2D eigenvalue weighted by Crippen LogP contribution is 2.33. The molecule has 0 atom stereocenters. The average molecular weight is 579 g/mol. The number of nitro benzene ring substituents is 1. The summed E-state index contributed by atoms with van der Waals surface area (Å²) in [6.45, 7) is 10.1. The normalized spacial score (nSPS) is 14.1. The van der Waals surface area contributed by atoms with Gasteiger partial charge in [-0.2, -0.15) is 0 Å². The predicted octanol–water partition coefficient (Wildman–Crippen LogP) is 5.64. The first kappa shape index (κ1) is 31.4. The van der Waals surface area contributed by atoms with Crippen molar-refractivity contribution in [2.45, 2.75) is 46.1 Å². The molecule has 0 aliphatic carbocycles. The monoisotopic (exact) mass is 578 g/mol. The molecule has 0 bridgehead atoms. The maximum absolute atomic E-state index is 14.3. The third kappa shape index (κ3) is 9.23. The Morgan fingerprint density at radius 2 is 1.90 bits per heavy atom. The number of rotatable bonds is 14. The number of ether oxygens (including phenoxy) is 2. The second-order valence-corrected chi connectivity index (χ2v) is 11.0. The number of hydrogen-bond acceptors (Lipinski definition) is 7. The predicted molar refractivity (Wildman–Crippen MR) is 155 cm³/mol. The lowest BCUT2D eigenvalue weighted by molar-refractivity contribution is -0.385. The lowest BCUT2D eigenvalue weighted by Gasteiger charge is -2.33. The summed E-state index contributed by atoms with van der Waals surface area (Å²) < 4.78 is 26.1. The van der Waals surface area contributed by atoms with E-state index in [-0.39, 0.29) is 35.2 Å². The molecule has 0 radical (unpaired) electrons. The van der Waals surface area contributed by atoms with E-state index >= 15 is 0 Å². The summed E-state index contributed by atoms with van der Waals surface area (Å²) in [5.74, 6) is 0.716. The standard InChI is InChI=1S/C29H40ClFN4O5/c1-5-33(26-8-6-22(30)18-25(26)31)17-16-32(4)13-12-29(36)34-14-10-23(11-15-34)40-24-7-9-27(35(37)38)28(19-24)39-20-21(2)3/h6-9,18-19,21,23H,5,10-17,20H2,1-4H3. The zero-order valence-electron chi connectivity index (χ0n) is 23.8. The molecule has 0 spiro atoms. The fraction of sp³-hybridized carbons (Fsp3) is 0.552. The molecule has 1 aliphatic heterocycles. The Morgan fingerprint density at radius 3 is 2.52 bits per heavy atom. The molecule has 1 heterocycles. The number of likely N-dealkylation sites (N-methyl/N-ethyl adjacent to an activating group) is 2. The molecular weight excluding hydrogens is 539 g/mol. The number of halogens is 2. The van der Waals surface area contributed by atoms with Gasteiger partial charge in [-0.1, -0.05) is 25.4 Å². The summed E-state index contributed by atoms with van der Waals surface area (Å²) in [7, 11) is 1.96. The van der Waals surface area contributed by atoms with Crippen LogP contribution in [-0.2, 0) is 4.79 Å². The third-order valence-corrected chi connectivity index (χ3v) is 7.12. The minimum absolute atomic E-state index is 0.0839. The van der Waals surface area contributed by atoms with E-state index in [4.69, 9.17) is 21.1 Å². The van der Waals surface area contributed by atoms with Crippen molar-refractivity contribution in [3.63, 3.8) is 0 Å². The minimum Gasteiger partial charge on any atom is -0.490 e. The van der Waals surface area contributed by atoms with E-state index in [1.165, 1.54) is 12.1 Å². The van der Waals surface area contributed by atoms with Crippen molar-refractivity contribution in [1.29, 1.82) is 0 Å². The molecule has 1 amide bonds. The number of nitro groups is 1. The number of likely N-dealkylation sites (tertiary alicyclic amines) is 1. The molecule has 40 heavy (non-hydrogen) atoms. The lowest BCUT2D eigenvalue weighted by Crippen LogP contribution is -2.43. The molecule has 0 saturated carbocycles. The van der Waals surface area contributed by atoms with E-state index in [2.05, 4.69) is 4.90 Å². The van der Waals surface area contributed by atoms with Crippen molar-refractivity contribution in [3.05, 3.63) is 57.4 Å². The van der Waals surface area contributed by atoms with Crippen molar-refractivity contribution < 1.29 is 23.6 Å². The highest BCUT2D eigenvalue weighted by Gasteiger charge is 2.25. The second kappa shape index (κ2) is 15.0. The molecule has 3 rings (SSSR count). The Bertz CT molecular complexity index is 1140. The summed E-state index contributed by atoms with van der Waals surface area (Å²) in [4.78, 5) is 29.6. The zero-order chi connectivity index (χ0) is 29.2. The van der Waals surface area contributed by atoms with Gasteiger partial charge in [-0.15, -0.1) is 0 Å². The van der Waals surface area contributed by atoms with E-state index < -0.39 is 4.92 Å². The lowest BCUT2D eigenvalue weighted by atomic mass is 10.1. The van der Waals surface area contributed by atoms with Crippen LogP contribution in [0.1, 0.15) is 40.0 Å². The summed E-state index contributed by atoms with van der Waals surface area (Å²) in [6.07, 6.45) is 1.68. The van der Waals surface area contributed by atoms with Gasteiger partial charge < -0.3 is 24.2 Å². The van der Waals surface area contributed by atoms with E-state index in [0.29, 0.717) is 81.6 Å². The summed E-state index contributed by atoms with van der Waals surface area (Å²) in [6, 6.07) is 9.28. The van der Waals surface area contributed by atoms with Crippen LogP contribution in [0.4, 0.5) is 15.8 Å². The van der Waals surface area contributed by atoms with Crippen LogP contribution < -0.4 is 14.4 Å². The van der Waals surface area contributed by atoms with Crippen LogP contribution in [0.5, 0.6) is 11.5 Å². The average Bonchev–Trinajstić information content (AvgIpc) is 2.92. The van der Waals surface area contributed by atoms with Gasteiger partial charge in [0.2, 0.25) is 11.7 Å². The van der Waals surface area contributed by atoms with Crippen LogP contribution in [0.3, 0.4) is 0 Å². The van der Waals surface area contributed by atoms with Gasteiger partial charge in [0.15, 0.2) is 0 Å². The van der Waals surface area contributed by atoms with Gasteiger partial charge in [-0.25, -0.2) is 4.39 Å². The van der Waals surface area contributed by atoms with Crippen LogP contribution in [0.25, 0.3) is 0 Å². The van der Waals surface area contributed by atoms with Gasteiger partial charge in [0.05, 0.1) is 17.2 Å². The second-order valence-electron chi connectivity index (χ2n) is 10.5. The van der Waals surface area contributed by atoms with Gasteiger partial charge in [-0.3, -0.25) is 14.9 Å². The van der Waals surface area contributed by atoms with Gasteiger partial charge >= 0.3 is 5.69 Å². The maximum atomic E-state index is 14.3. The van der Waals surface area contributed by atoms with E-state index in [9.17, 15) is 19.3 Å². The van der Waals surface area contributed by atoms with Crippen LogP contribution >= 0.6 is 11.6 Å². The summed E-state index contributed by atoms with van der Waals surface area (Å²) in [5.41, 5.74) is 0.437. The maximum Gasteiger partial charge on any atom is 0.311 e. The van der Waals surface area contributed by atoms with Gasteiger partial charge in [0.25, 0.3) is 0 Å². The van der Waals surface area contributed by atoms with Gasteiger partial charge in [0.1, 0.15) is 17.7 Å². The molecule has 11 heteroatoms. The van der Waals surface area contributed by atoms with Gasteiger partial charge in [0, 0.05) is 75.7 Å². The van der Waals surface area contributed by atoms with Gasteiger partial charge in [-0.05, 0) is 44.2 Å². The molecule has 2 aromatic carbocycles. The first-order valence-electron chi connectivity index (χ1n) is 13.8. The molecular formula is C29H40ClFN4O5. The van der Waals surface area contributed by atoms with Crippen molar-refractivity contribution in [2.24, 2.45) is 5.92 Å². The van der Waals surface area contributed by atoms with E-state index in [1.807, 2.05) is 37.6 Å². The number of carbonyl (C=O) groups is 1. The fourth-order valence-electron chi connectivity index (χ4n) is 4.54. The fourth-order valence-corrected chi connectivity index (χ4v) is 4.70. The Balaban J connectivity index is 1.42. The third-order valence-electron chi connectivity index (χ3n) is 6.89. The molecule has 0 N–H and O–H groups in total. The molecule has 0 unspecified atom stereocenters. The minimum atomic E-state index is -0.458. The Morgan fingerprint density at radius 1 is 1.18 bits per heavy atom. The number of amides is 1. The first-order valence-corrected chi connectivity index (χ1v) is 14.2. The van der Waals surface area contributed by atoms with Crippen molar-refractivity contribution in [1.82, 2.24) is 9.80 Å². The van der Waals surface area contributed by atoms with Crippen LogP contribution in [0.15, 0.2) is 36.4 Å². The number of piperidine rings is 1. The Kier molecular flexibility index (Phi) is 11.8. The van der Waals surface area contributed by atoms with Crippen LogP contribution in [0, 0.1) is 21.8 Å². The Labute approximate surface area is 240 Å². The number of nitrogens with zero attached hydrogens (tertiary/aromatic N) is 4. The highest BCUT2D eigenvalue weighted by molar-refractivity contribution is 6.30. The number of hydrogen-bond donors (Lipinski definition) is 0. The first-order chi connectivity index (χ1) is 19.1. The van der Waals surface area contributed by atoms with Crippen molar-refractivity contribution >= 4 is 28.9 Å². The Hall–Kier alpha value is -3.11. The molecule has 9 nitrogen and oxygen atoms in total. The topological polar surface area (TPSA) is 88.4 Å². The van der Waals surface area contributed by atoms with Crippen LogP contribution in [-0.4, -0.2) is 79.7 Å². The van der Waals surface area contributed by atoms with E-state index in [1.54, 1.807) is 24.3 Å². The zero-order valence-corrected chi connectivity index (χ0v) is 24.5. The molecule has 2 aromatic rings. The molecule has 0 aromatic heterocycles. The van der Waals surface area contributed by atoms with Crippen LogP contribution in [0.2, 0.25) is 5.02 Å². The molecule has 1 aliphatic rings. The quantitative estimate of drug-likeness (QED) is 0.212. The van der Waals surface area contributed by atoms with E-state index in [0.717, 1.165) is 0 Å². The SMILES string of the molecule is CCN(CCN(C)CCC(=O)N1CCC(Oc2ccc([N+](=O)[O-])c(OCC(C)C)c2)CC1)c1ccc(Cl)cc1F. The largest absolute Gasteiger partial charge is 0.490 e. The van der Waals surface area contributed by atoms with Crippen molar-refractivity contribution in [2.75, 3.05) is 57.8 Å². The number of anilines is 1. The van der Waals surface area contributed by atoms with Crippen molar-refractivity contribution in [3.8, 4) is 11.5 Å². The smallest absolute Gasteiger partial charge is 0.311 e. The molecule has 220 valence electrons. The molecule has 1 fully saturated rings. The number of carbonyl (C=O) groups excluding carboxylic acids is 1. The molecule has 1 saturated heterocycles. The highest BCUT2D eigenvalue weighted by atomic mass is 35.5. The summed E-state index contributed by atoms with van der Waals surface area (Å²) >= 11 is 5.88. The number of benzene rings is 2.